The van der Waals surface area contributed by atoms with Crippen molar-refractivity contribution in [2.75, 3.05) is 0 Å². The Labute approximate surface area is 97.7 Å². The molecule has 0 radical (unpaired) electrons. The van der Waals surface area contributed by atoms with Crippen molar-refractivity contribution in [1.82, 2.24) is 9.55 Å². The van der Waals surface area contributed by atoms with Gasteiger partial charge in [0.25, 0.3) is 5.56 Å². The van der Waals surface area contributed by atoms with Gasteiger partial charge in [-0.25, -0.2) is 4.79 Å². The van der Waals surface area contributed by atoms with Crippen LogP contribution in [0, 0.1) is 6.92 Å². The maximum atomic E-state index is 11.7. The lowest BCUT2D eigenvalue weighted by Crippen LogP contribution is -2.31. The summed E-state index contributed by atoms with van der Waals surface area (Å²) >= 11 is 0. The number of hydrogen-bond acceptors (Lipinski definition) is 3. The number of hydrogen-bond donors (Lipinski definition) is 1. The first-order valence-electron chi connectivity index (χ1n) is 5.41. The molecule has 90 valence electrons. The van der Waals surface area contributed by atoms with E-state index in [1.165, 1.54) is 10.6 Å². The summed E-state index contributed by atoms with van der Waals surface area (Å²) in [6, 6.07) is 4.87. The van der Waals surface area contributed by atoms with Crippen molar-refractivity contribution in [3.63, 3.8) is 0 Å². The van der Waals surface area contributed by atoms with Crippen molar-refractivity contribution < 1.29 is 4.42 Å². The number of aromatic nitrogens is 2. The molecule has 0 unspecified atom stereocenters. The van der Waals surface area contributed by atoms with Crippen molar-refractivity contribution in [2.45, 2.75) is 26.8 Å². The molecule has 5 heteroatoms. The molecule has 0 aliphatic heterocycles. The Morgan fingerprint density at radius 3 is 2.53 bits per heavy atom. The summed E-state index contributed by atoms with van der Waals surface area (Å²) in [6.07, 6.45) is 0. The Hall–Kier alpha value is -2.04. The fourth-order valence-corrected chi connectivity index (χ4v) is 1.78. The summed E-state index contributed by atoms with van der Waals surface area (Å²) in [5.41, 5.74) is -0.339. The van der Waals surface area contributed by atoms with E-state index in [2.05, 4.69) is 4.98 Å². The normalized spacial score (nSPS) is 11.1. The third kappa shape index (κ3) is 2.08. The molecule has 5 nitrogen and oxygen atoms in total. The Kier molecular flexibility index (Phi) is 2.75. The molecule has 0 saturated carbocycles. The van der Waals surface area contributed by atoms with Crippen LogP contribution in [-0.2, 0) is 0 Å². The minimum Gasteiger partial charge on any atom is -0.460 e. The minimum atomic E-state index is -0.420. The van der Waals surface area contributed by atoms with Crippen LogP contribution in [0.4, 0.5) is 0 Å². The number of furan rings is 1. The molecular weight excluding hydrogens is 220 g/mol. The van der Waals surface area contributed by atoms with Crippen molar-refractivity contribution in [2.24, 2.45) is 0 Å². The molecular formula is C12H14N2O3. The smallest absolute Gasteiger partial charge is 0.329 e. The van der Waals surface area contributed by atoms with Crippen LogP contribution >= 0.6 is 0 Å². The SMILES string of the molecule is Cc1ccc(-c2cc(=O)[nH]c(=O)n2C(C)C)o1. The summed E-state index contributed by atoms with van der Waals surface area (Å²) in [4.78, 5) is 25.4. The van der Waals surface area contributed by atoms with E-state index in [9.17, 15) is 9.59 Å². The molecule has 2 aromatic heterocycles. The average molecular weight is 234 g/mol. The zero-order chi connectivity index (χ0) is 12.6. The molecule has 0 bridgehead atoms. The molecule has 2 rings (SSSR count). The molecule has 0 aliphatic rings. The maximum Gasteiger partial charge on any atom is 0.329 e. The first-order chi connectivity index (χ1) is 7.99. The van der Waals surface area contributed by atoms with Gasteiger partial charge in [0.15, 0.2) is 5.76 Å². The van der Waals surface area contributed by atoms with Crippen molar-refractivity contribution in [3.8, 4) is 11.5 Å². The molecule has 0 aromatic carbocycles. The van der Waals surface area contributed by atoms with Crippen LogP contribution < -0.4 is 11.2 Å². The molecule has 0 saturated heterocycles. The summed E-state index contributed by atoms with van der Waals surface area (Å²) in [5, 5.41) is 0. The van der Waals surface area contributed by atoms with Gasteiger partial charge in [-0.1, -0.05) is 0 Å². The second kappa shape index (κ2) is 4.08. The predicted molar refractivity (Wildman–Crippen MR) is 64.1 cm³/mol. The third-order valence-electron chi connectivity index (χ3n) is 2.49. The molecule has 2 aromatic rings. The number of aromatic amines is 1. The maximum absolute atomic E-state index is 11.7. The molecule has 2 heterocycles. The fraction of sp³-hybridized carbons (Fsp3) is 0.333. The van der Waals surface area contributed by atoms with E-state index in [-0.39, 0.29) is 6.04 Å². The topological polar surface area (TPSA) is 68.0 Å². The van der Waals surface area contributed by atoms with Crippen LogP contribution in [0.1, 0.15) is 25.6 Å². The van der Waals surface area contributed by atoms with Crippen molar-refractivity contribution >= 4 is 0 Å². The highest BCUT2D eigenvalue weighted by Crippen LogP contribution is 2.21. The van der Waals surface area contributed by atoms with Gasteiger partial charge in [-0.2, -0.15) is 0 Å². The Bertz CT molecular complexity index is 646. The van der Waals surface area contributed by atoms with Gasteiger partial charge in [0.05, 0.1) is 5.69 Å². The molecule has 0 spiro atoms. The van der Waals surface area contributed by atoms with Crippen LogP contribution in [0.25, 0.3) is 11.5 Å². The van der Waals surface area contributed by atoms with Crippen LogP contribution in [0.5, 0.6) is 0 Å². The van der Waals surface area contributed by atoms with Crippen LogP contribution in [0.3, 0.4) is 0 Å². The lowest BCUT2D eigenvalue weighted by molar-refractivity contribution is 0.519. The van der Waals surface area contributed by atoms with Gasteiger partial charge in [0.1, 0.15) is 5.76 Å². The Balaban J connectivity index is 2.76. The van der Waals surface area contributed by atoms with E-state index < -0.39 is 11.2 Å². The zero-order valence-electron chi connectivity index (χ0n) is 9.98. The van der Waals surface area contributed by atoms with Crippen molar-refractivity contribution in [3.05, 3.63) is 44.8 Å². The summed E-state index contributed by atoms with van der Waals surface area (Å²) in [6.45, 7) is 5.56. The van der Waals surface area contributed by atoms with E-state index in [0.717, 1.165) is 5.76 Å². The third-order valence-corrected chi connectivity index (χ3v) is 2.49. The standard InChI is InChI=1S/C12H14N2O3/c1-7(2)14-9(6-11(15)13-12(14)16)10-5-4-8(3)17-10/h4-7H,1-3H3,(H,13,15,16). The first-order valence-corrected chi connectivity index (χ1v) is 5.41. The summed E-state index contributed by atoms with van der Waals surface area (Å²) in [7, 11) is 0. The van der Waals surface area contributed by atoms with Crippen molar-refractivity contribution in [1.29, 1.82) is 0 Å². The molecule has 17 heavy (non-hydrogen) atoms. The van der Waals surface area contributed by atoms with E-state index in [0.29, 0.717) is 11.5 Å². The first kappa shape index (κ1) is 11.4. The number of nitrogens with zero attached hydrogens (tertiary/aromatic N) is 1. The van der Waals surface area contributed by atoms with E-state index >= 15 is 0 Å². The monoisotopic (exact) mass is 234 g/mol. The van der Waals surface area contributed by atoms with Gasteiger partial charge < -0.3 is 4.42 Å². The highest BCUT2D eigenvalue weighted by molar-refractivity contribution is 5.52. The van der Waals surface area contributed by atoms with Gasteiger partial charge in [0.2, 0.25) is 0 Å². The van der Waals surface area contributed by atoms with E-state index in [1.54, 1.807) is 12.1 Å². The Morgan fingerprint density at radius 1 is 1.29 bits per heavy atom. The highest BCUT2D eigenvalue weighted by Gasteiger charge is 2.13. The van der Waals surface area contributed by atoms with Crippen LogP contribution in [0.15, 0.2) is 32.2 Å². The van der Waals surface area contributed by atoms with Gasteiger partial charge in [-0.05, 0) is 32.9 Å². The van der Waals surface area contributed by atoms with Gasteiger partial charge in [-0.3, -0.25) is 14.3 Å². The van der Waals surface area contributed by atoms with Crippen LogP contribution in [-0.4, -0.2) is 9.55 Å². The van der Waals surface area contributed by atoms with Gasteiger partial charge >= 0.3 is 5.69 Å². The second-order valence-electron chi connectivity index (χ2n) is 4.20. The number of H-pyrrole nitrogens is 1. The molecule has 0 atom stereocenters. The largest absolute Gasteiger partial charge is 0.460 e. The number of rotatable bonds is 2. The summed E-state index contributed by atoms with van der Waals surface area (Å²) in [5.74, 6) is 1.27. The van der Waals surface area contributed by atoms with E-state index in [1.807, 2.05) is 20.8 Å². The Morgan fingerprint density at radius 2 is 2.00 bits per heavy atom. The van der Waals surface area contributed by atoms with E-state index in [4.69, 9.17) is 4.42 Å². The lowest BCUT2D eigenvalue weighted by atomic mass is 10.2. The fourth-order valence-electron chi connectivity index (χ4n) is 1.78. The van der Waals surface area contributed by atoms with Crippen LogP contribution in [0.2, 0.25) is 0 Å². The molecule has 1 N–H and O–H groups in total. The summed E-state index contributed by atoms with van der Waals surface area (Å²) < 4.78 is 6.96. The molecule has 0 fully saturated rings. The lowest BCUT2D eigenvalue weighted by Gasteiger charge is -2.13. The number of nitrogens with one attached hydrogen (secondary N) is 1. The van der Waals surface area contributed by atoms with Gasteiger partial charge in [0, 0.05) is 12.1 Å². The minimum absolute atomic E-state index is 0.0558. The number of aryl methyl sites for hydroxylation is 1. The average Bonchev–Trinajstić information content (AvgIpc) is 2.62. The molecule has 0 amide bonds. The second-order valence-corrected chi connectivity index (χ2v) is 4.20. The van der Waals surface area contributed by atoms with Gasteiger partial charge in [-0.15, -0.1) is 0 Å². The predicted octanol–water partition coefficient (Wildman–Crippen LogP) is 1.69. The highest BCUT2D eigenvalue weighted by atomic mass is 16.3. The quantitative estimate of drug-likeness (QED) is 0.859. The zero-order valence-corrected chi connectivity index (χ0v) is 9.98. The molecule has 0 aliphatic carbocycles.